The van der Waals surface area contributed by atoms with E-state index < -0.39 is 17.4 Å². The Hall–Kier alpha value is -1.26. The first kappa shape index (κ1) is 39.0. The number of aliphatic carboxylic acids is 2. The monoisotopic (exact) mass is 688 g/mol. The van der Waals surface area contributed by atoms with Crippen molar-refractivity contribution in [1.29, 1.82) is 0 Å². The summed E-state index contributed by atoms with van der Waals surface area (Å²) < 4.78 is 0. The number of unbranched alkanes of at least 4 members (excludes halogenated alkanes) is 2. The van der Waals surface area contributed by atoms with Gasteiger partial charge in [0, 0.05) is 6.42 Å². The fourth-order valence-corrected chi connectivity index (χ4v) is 12.5. The molecule has 0 bridgehead atoms. The summed E-state index contributed by atoms with van der Waals surface area (Å²) in [5.74, 6) is 0.901. The Bertz CT molecular complexity index is 989. The lowest BCUT2D eigenvalue weighted by Crippen LogP contribution is -2.69. The maximum Gasteiger partial charge on any atom is 0.310 e. The Kier molecular flexibility index (Phi) is 13.9. The number of carbonyl (C=O) groups is 2. The van der Waals surface area contributed by atoms with Crippen LogP contribution in [0.1, 0.15) is 96.3 Å². The van der Waals surface area contributed by atoms with Crippen LogP contribution in [-0.2, 0) is 9.59 Å². The highest BCUT2D eigenvalue weighted by atomic mass is 16.4. The van der Waals surface area contributed by atoms with Crippen LogP contribution >= 0.6 is 0 Å². The molecule has 0 aromatic rings. The van der Waals surface area contributed by atoms with Crippen molar-refractivity contribution in [2.45, 2.75) is 96.3 Å². The summed E-state index contributed by atoms with van der Waals surface area (Å²) in [4.78, 5) is 39.1. The average molecular weight is 688 g/mol. The van der Waals surface area contributed by atoms with Crippen LogP contribution in [0.15, 0.2) is 0 Å². The molecule has 2 N–H and O–H groups in total. The van der Waals surface area contributed by atoms with E-state index in [0.717, 1.165) is 155 Å². The molecule has 5 fully saturated rings. The van der Waals surface area contributed by atoms with Crippen molar-refractivity contribution >= 4 is 11.9 Å². The molecule has 9 heteroatoms. The SMILES string of the molecule is CN1CCC(C(CCCCCC(=O)O)C(C2CCN(C)CC2)(C2CCN(C)CC2)C(C(=O)O)(C2CCN(C)CC2)C2CCN(C)CC2)CC1. The van der Waals surface area contributed by atoms with E-state index in [-0.39, 0.29) is 23.7 Å². The van der Waals surface area contributed by atoms with E-state index in [9.17, 15) is 15.0 Å². The third kappa shape index (κ3) is 8.37. The molecule has 1 atom stereocenters. The lowest BCUT2D eigenvalue weighted by atomic mass is 9.35. The standard InChI is InChI=1S/C40H73N5O4/c1-41-21-11-31(12-22-41)36(9-7-6-8-10-37(46)47)39(32-13-23-42(2)24-14-32,33-15-25-43(3)26-16-33)40(38(48)49,34-17-27-44(4)28-18-34)35-19-29-45(5)30-20-35/h31-36H,6-30H2,1-5H3,(H,46,47)(H,48,49). The van der Waals surface area contributed by atoms with Gasteiger partial charge < -0.3 is 34.7 Å². The van der Waals surface area contributed by atoms with Gasteiger partial charge in [-0.3, -0.25) is 9.59 Å². The summed E-state index contributed by atoms with van der Waals surface area (Å²) in [5, 5.41) is 22.0. The van der Waals surface area contributed by atoms with Crippen molar-refractivity contribution in [2.75, 3.05) is 101 Å². The summed E-state index contributed by atoms with van der Waals surface area (Å²) in [5.41, 5.74) is -1.04. The highest BCUT2D eigenvalue weighted by molar-refractivity contribution is 5.77. The second-order valence-electron chi connectivity index (χ2n) is 17.7. The first-order valence-corrected chi connectivity index (χ1v) is 20.4. The van der Waals surface area contributed by atoms with E-state index in [1.807, 2.05) is 0 Å². The molecule has 0 aromatic heterocycles. The Morgan fingerprint density at radius 2 is 0.878 bits per heavy atom. The molecule has 1 unspecified atom stereocenters. The highest BCUT2D eigenvalue weighted by Crippen LogP contribution is 2.70. The number of hydrogen-bond acceptors (Lipinski definition) is 7. The van der Waals surface area contributed by atoms with Gasteiger partial charge in [0.1, 0.15) is 0 Å². The molecule has 0 aliphatic carbocycles. The molecule has 282 valence electrons. The number of rotatable bonds is 14. The van der Waals surface area contributed by atoms with Crippen molar-refractivity contribution in [1.82, 2.24) is 24.5 Å². The number of nitrogens with zero attached hydrogens (tertiary/aromatic N) is 5. The number of likely N-dealkylation sites (tertiary alicyclic amines) is 5. The Morgan fingerprint density at radius 1 is 0.531 bits per heavy atom. The van der Waals surface area contributed by atoms with Crippen LogP contribution in [0.25, 0.3) is 0 Å². The van der Waals surface area contributed by atoms with Crippen molar-refractivity contribution in [3.8, 4) is 0 Å². The molecule has 5 aliphatic rings. The lowest BCUT2D eigenvalue weighted by Gasteiger charge is -2.68. The largest absolute Gasteiger partial charge is 0.481 e. The molecule has 0 spiro atoms. The molecular weight excluding hydrogens is 614 g/mol. The fraction of sp³-hybridized carbons (Fsp3) is 0.950. The summed E-state index contributed by atoms with van der Waals surface area (Å²) in [6.45, 7) is 10.4. The van der Waals surface area contributed by atoms with Gasteiger partial charge in [-0.05, 0) is 219 Å². The maximum absolute atomic E-state index is 15.2. The summed E-state index contributed by atoms with van der Waals surface area (Å²) >= 11 is 0. The molecule has 0 radical (unpaired) electrons. The number of carboxylic acid groups (broad SMARTS) is 2. The second kappa shape index (κ2) is 17.5. The van der Waals surface area contributed by atoms with Crippen molar-refractivity contribution < 1.29 is 19.8 Å². The number of carboxylic acids is 2. The van der Waals surface area contributed by atoms with E-state index in [4.69, 9.17) is 0 Å². The van der Waals surface area contributed by atoms with E-state index in [0.29, 0.717) is 23.7 Å². The van der Waals surface area contributed by atoms with Gasteiger partial charge in [-0.2, -0.15) is 0 Å². The maximum atomic E-state index is 15.2. The van der Waals surface area contributed by atoms with Crippen LogP contribution in [0.5, 0.6) is 0 Å². The average Bonchev–Trinajstić information content (AvgIpc) is 3.08. The Morgan fingerprint density at radius 3 is 1.22 bits per heavy atom. The first-order valence-electron chi connectivity index (χ1n) is 20.4. The fourth-order valence-electron chi connectivity index (χ4n) is 12.5. The van der Waals surface area contributed by atoms with Crippen LogP contribution in [0.3, 0.4) is 0 Å². The van der Waals surface area contributed by atoms with Crippen LogP contribution in [0, 0.1) is 46.3 Å². The minimum absolute atomic E-state index is 0.190. The quantitative estimate of drug-likeness (QED) is 0.233. The van der Waals surface area contributed by atoms with Gasteiger partial charge in [-0.1, -0.05) is 12.8 Å². The molecular formula is C40H73N5O4. The normalized spacial score (nSPS) is 26.3. The van der Waals surface area contributed by atoms with E-state index in [1.54, 1.807) is 0 Å². The predicted octanol–water partition coefficient (Wildman–Crippen LogP) is 5.40. The van der Waals surface area contributed by atoms with Crippen LogP contribution in [0.2, 0.25) is 0 Å². The minimum atomic E-state index is -0.758. The zero-order valence-electron chi connectivity index (χ0n) is 32.1. The van der Waals surface area contributed by atoms with Gasteiger partial charge in [-0.15, -0.1) is 0 Å². The second-order valence-corrected chi connectivity index (χ2v) is 17.7. The molecule has 0 saturated carbocycles. The predicted molar refractivity (Wildman–Crippen MR) is 198 cm³/mol. The summed E-state index contributed by atoms with van der Waals surface area (Å²) in [7, 11) is 11.3. The van der Waals surface area contributed by atoms with E-state index in [2.05, 4.69) is 59.7 Å². The van der Waals surface area contributed by atoms with E-state index in [1.165, 1.54) is 0 Å². The van der Waals surface area contributed by atoms with Gasteiger partial charge in [0.2, 0.25) is 0 Å². The molecule has 5 rings (SSSR count). The third-order valence-corrected chi connectivity index (χ3v) is 14.9. The van der Waals surface area contributed by atoms with Crippen LogP contribution in [-0.4, -0.2) is 147 Å². The van der Waals surface area contributed by atoms with Crippen LogP contribution < -0.4 is 0 Å². The smallest absolute Gasteiger partial charge is 0.310 e. The molecule has 49 heavy (non-hydrogen) atoms. The molecule has 5 saturated heterocycles. The van der Waals surface area contributed by atoms with Crippen molar-refractivity contribution in [2.24, 2.45) is 46.3 Å². The van der Waals surface area contributed by atoms with Crippen LogP contribution in [0.4, 0.5) is 0 Å². The zero-order chi connectivity index (χ0) is 35.2. The van der Waals surface area contributed by atoms with Gasteiger partial charge in [-0.25, -0.2) is 0 Å². The summed E-state index contributed by atoms with van der Waals surface area (Å²) in [6.07, 6.45) is 14.7. The first-order chi connectivity index (χ1) is 23.5. The minimum Gasteiger partial charge on any atom is -0.481 e. The van der Waals surface area contributed by atoms with Crippen molar-refractivity contribution in [3.63, 3.8) is 0 Å². The molecule has 5 aliphatic heterocycles. The topological polar surface area (TPSA) is 90.8 Å². The molecule has 0 amide bonds. The highest BCUT2D eigenvalue weighted by Gasteiger charge is 2.71. The third-order valence-electron chi connectivity index (χ3n) is 14.9. The molecule has 5 heterocycles. The summed E-state index contributed by atoms with van der Waals surface area (Å²) in [6, 6.07) is 0. The van der Waals surface area contributed by atoms with Gasteiger partial charge in [0.05, 0.1) is 5.41 Å². The number of hydrogen-bond donors (Lipinski definition) is 2. The number of piperidine rings is 5. The molecule has 0 aromatic carbocycles. The van der Waals surface area contributed by atoms with E-state index >= 15 is 4.79 Å². The van der Waals surface area contributed by atoms with Crippen molar-refractivity contribution in [3.05, 3.63) is 0 Å². The lowest BCUT2D eigenvalue weighted by molar-refractivity contribution is -0.235. The molecule has 9 nitrogen and oxygen atoms in total. The van der Waals surface area contributed by atoms with Gasteiger partial charge in [0.25, 0.3) is 0 Å². The Balaban J connectivity index is 1.76. The van der Waals surface area contributed by atoms with Gasteiger partial charge in [0.15, 0.2) is 0 Å². The Labute approximate surface area is 299 Å². The van der Waals surface area contributed by atoms with Gasteiger partial charge >= 0.3 is 11.9 Å². The zero-order valence-corrected chi connectivity index (χ0v) is 32.1.